The Morgan fingerprint density at radius 2 is 2.11 bits per heavy atom. The van der Waals surface area contributed by atoms with Gasteiger partial charge in [0.25, 0.3) is 0 Å². The van der Waals surface area contributed by atoms with Gasteiger partial charge in [0.05, 0.1) is 5.56 Å². The number of benzene rings is 1. The molecule has 0 saturated carbocycles. The molecule has 0 amide bonds. The minimum absolute atomic E-state index is 0.671. The van der Waals surface area contributed by atoms with Gasteiger partial charge in [-0.25, -0.2) is 0 Å². The highest BCUT2D eigenvalue weighted by Crippen LogP contribution is 2.26. The molecule has 0 radical (unpaired) electrons. The third-order valence-electron chi connectivity index (χ3n) is 3.52. The minimum atomic E-state index is 0.671. The van der Waals surface area contributed by atoms with Crippen molar-refractivity contribution >= 4 is 6.29 Å². The minimum Gasteiger partial charge on any atom is -0.298 e. The first kappa shape index (κ1) is 13.5. The lowest BCUT2D eigenvalue weighted by Crippen LogP contribution is -1.98. The largest absolute Gasteiger partial charge is 0.298 e. The van der Waals surface area contributed by atoms with Crippen LogP contribution < -0.4 is 0 Å². The number of nitrogens with zero attached hydrogens (tertiary/aromatic N) is 2. The van der Waals surface area contributed by atoms with Gasteiger partial charge in [0.1, 0.15) is 5.69 Å². The Kier molecular flexibility index (Phi) is 4.15. The summed E-state index contributed by atoms with van der Waals surface area (Å²) in [5, 5.41) is 4.58. The van der Waals surface area contributed by atoms with E-state index in [0.29, 0.717) is 5.56 Å². The van der Waals surface area contributed by atoms with Crippen LogP contribution in [0.5, 0.6) is 0 Å². The van der Waals surface area contributed by atoms with E-state index in [9.17, 15) is 4.79 Å². The van der Waals surface area contributed by atoms with Crippen LogP contribution in [0.25, 0.3) is 11.3 Å². The lowest BCUT2D eigenvalue weighted by molar-refractivity contribution is 0.112. The average molecular weight is 256 g/mol. The van der Waals surface area contributed by atoms with E-state index in [2.05, 4.69) is 31.9 Å². The summed E-state index contributed by atoms with van der Waals surface area (Å²) in [5.41, 5.74) is 4.93. The summed E-state index contributed by atoms with van der Waals surface area (Å²) in [7, 11) is 0. The van der Waals surface area contributed by atoms with Gasteiger partial charge in [-0.2, -0.15) is 5.10 Å². The van der Waals surface area contributed by atoms with Crippen molar-refractivity contribution in [2.45, 2.75) is 40.2 Å². The maximum absolute atomic E-state index is 11.2. The van der Waals surface area contributed by atoms with Crippen molar-refractivity contribution in [1.82, 2.24) is 9.78 Å². The Bertz CT molecular complexity index is 584. The van der Waals surface area contributed by atoms with Crippen LogP contribution >= 0.6 is 0 Å². The molecule has 19 heavy (non-hydrogen) atoms. The molecule has 0 aliphatic rings. The molecular weight excluding hydrogens is 236 g/mol. The second kappa shape index (κ2) is 5.83. The van der Waals surface area contributed by atoms with Gasteiger partial charge in [-0.3, -0.25) is 9.48 Å². The van der Waals surface area contributed by atoms with Crippen molar-refractivity contribution in [3.63, 3.8) is 0 Å². The van der Waals surface area contributed by atoms with Gasteiger partial charge >= 0.3 is 0 Å². The van der Waals surface area contributed by atoms with Crippen molar-refractivity contribution in [3.05, 3.63) is 41.1 Å². The monoisotopic (exact) mass is 256 g/mol. The van der Waals surface area contributed by atoms with Crippen LogP contribution in [0, 0.1) is 13.8 Å². The normalized spacial score (nSPS) is 10.7. The lowest BCUT2D eigenvalue weighted by Gasteiger charge is -2.06. The first-order valence-electron chi connectivity index (χ1n) is 6.76. The zero-order valence-electron chi connectivity index (χ0n) is 11.8. The van der Waals surface area contributed by atoms with Crippen molar-refractivity contribution in [1.29, 1.82) is 0 Å². The van der Waals surface area contributed by atoms with Crippen LogP contribution in [0.15, 0.2) is 24.4 Å². The molecule has 0 aliphatic carbocycles. The molecule has 0 unspecified atom stereocenters. The summed E-state index contributed by atoms with van der Waals surface area (Å²) in [5.74, 6) is 0. The second-order valence-electron chi connectivity index (χ2n) is 4.91. The Labute approximate surface area is 114 Å². The Hall–Kier alpha value is -1.90. The Morgan fingerprint density at radius 1 is 1.32 bits per heavy atom. The SMILES string of the molecule is CCCCn1cc(C=O)c(-c2cccc(C)c2C)n1. The molecule has 2 aromatic rings. The average Bonchev–Trinajstić information content (AvgIpc) is 2.82. The molecule has 0 N–H and O–H groups in total. The fourth-order valence-corrected chi connectivity index (χ4v) is 2.17. The van der Waals surface area contributed by atoms with E-state index >= 15 is 0 Å². The summed E-state index contributed by atoms with van der Waals surface area (Å²) in [6, 6.07) is 6.12. The molecule has 1 aromatic heterocycles. The maximum Gasteiger partial charge on any atom is 0.153 e. The molecule has 3 nitrogen and oxygen atoms in total. The smallest absolute Gasteiger partial charge is 0.153 e. The van der Waals surface area contributed by atoms with Crippen LogP contribution in [-0.2, 0) is 6.54 Å². The Balaban J connectivity index is 2.45. The topological polar surface area (TPSA) is 34.9 Å². The molecule has 0 atom stereocenters. The zero-order chi connectivity index (χ0) is 13.8. The van der Waals surface area contributed by atoms with E-state index < -0.39 is 0 Å². The third-order valence-corrected chi connectivity index (χ3v) is 3.52. The van der Waals surface area contributed by atoms with E-state index in [0.717, 1.165) is 36.9 Å². The van der Waals surface area contributed by atoms with E-state index in [1.54, 1.807) is 0 Å². The van der Waals surface area contributed by atoms with Gasteiger partial charge in [-0.1, -0.05) is 31.5 Å². The molecule has 1 aromatic carbocycles. The summed E-state index contributed by atoms with van der Waals surface area (Å²) in [6.45, 7) is 7.16. The molecule has 1 heterocycles. The maximum atomic E-state index is 11.2. The fraction of sp³-hybridized carbons (Fsp3) is 0.375. The third kappa shape index (κ3) is 2.75. The summed E-state index contributed by atoms with van der Waals surface area (Å²) >= 11 is 0. The first-order chi connectivity index (χ1) is 9.17. The number of carbonyl (C=O) groups excluding carboxylic acids is 1. The van der Waals surface area contributed by atoms with Gasteiger partial charge in [-0.15, -0.1) is 0 Å². The van der Waals surface area contributed by atoms with Gasteiger partial charge in [0, 0.05) is 18.3 Å². The molecule has 0 bridgehead atoms. The molecular formula is C16H20N2O. The van der Waals surface area contributed by atoms with Gasteiger partial charge in [-0.05, 0) is 31.4 Å². The number of unbranched alkanes of at least 4 members (excludes halogenated alkanes) is 1. The summed E-state index contributed by atoms with van der Waals surface area (Å²) < 4.78 is 1.88. The quantitative estimate of drug-likeness (QED) is 0.763. The van der Waals surface area contributed by atoms with Crippen molar-refractivity contribution in [3.8, 4) is 11.3 Å². The predicted octanol–water partition coefficient (Wildman–Crippen LogP) is 3.78. The van der Waals surface area contributed by atoms with E-state index in [-0.39, 0.29) is 0 Å². The number of rotatable bonds is 5. The van der Waals surface area contributed by atoms with E-state index in [1.807, 2.05) is 23.0 Å². The lowest BCUT2D eigenvalue weighted by atomic mass is 9.99. The van der Waals surface area contributed by atoms with Crippen LogP contribution in [0.1, 0.15) is 41.3 Å². The summed E-state index contributed by atoms with van der Waals surface area (Å²) in [6.07, 6.45) is 4.94. The number of hydrogen-bond donors (Lipinski definition) is 0. The van der Waals surface area contributed by atoms with Crippen molar-refractivity contribution in [2.24, 2.45) is 0 Å². The standard InChI is InChI=1S/C16H20N2O/c1-4-5-9-18-10-14(11-19)16(17-18)15-8-6-7-12(2)13(15)3/h6-8,10-11H,4-5,9H2,1-3H3. The van der Waals surface area contributed by atoms with Crippen LogP contribution in [0.3, 0.4) is 0 Å². The number of aromatic nitrogens is 2. The van der Waals surface area contributed by atoms with Gasteiger partial charge < -0.3 is 0 Å². The number of aryl methyl sites for hydroxylation is 2. The number of aldehydes is 1. The molecule has 3 heteroatoms. The predicted molar refractivity (Wildman–Crippen MR) is 77.4 cm³/mol. The van der Waals surface area contributed by atoms with Crippen LogP contribution in [-0.4, -0.2) is 16.1 Å². The van der Waals surface area contributed by atoms with Crippen LogP contribution in [0.4, 0.5) is 0 Å². The first-order valence-corrected chi connectivity index (χ1v) is 6.76. The highest BCUT2D eigenvalue weighted by atomic mass is 16.1. The highest BCUT2D eigenvalue weighted by Gasteiger charge is 2.13. The number of hydrogen-bond acceptors (Lipinski definition) is 2. The molecule has 0 aliphatic heterocycles. The fourth-order valence-electron chi connectivity index (χ4n) is 2.17. The van der Waals surface area contributed by atoms with E-state index in [4.69, 9.17) is 0 Å². The second-order valence-corrected chi connectivity index (χ2v) is 4.91. The number of carbonyl (C=O) groups is 1. The molecule has 2 rings (SSSR count). The Morgan fingerprint density at radius 3 is 2.79 bits per heavy atom. The zero-order valence-corrected chi connectivity index (χ0v) is 11.8. The van der Waals surface area contributed by atoms with Crippen LogP contribution in [0.2, 0.25) is 0 Å². The summed E-state index contributed by atoms with van der Waals surface area (Å²) in [4.78, 5) is 11.2. The van der Waals surface area contributed by atoms with Gasteiger partial charge in [0.15, 0.2) is 6.29 Å². The van der Waals surface area contributed by atoms with Crippen molar-refractivity contribution < 1.29 is 4.79 Å². The van der Waals surface area contributed by atoms with E-state index in [1.165, 1.54) is 11.1 Å². The molecule has 0 spiro atoms. The van der Waals surface area contributed by atoms with Crippen molar-refractivity contribution in [2.75, 3.05) is 0 Å². The molecule has 100 valence electrons. The van der Waals surface area contributed by atoms with Gasteiger partial charge in [0.2, 0.25) is 0 Å². The molecule has 0 fully saturated rings. The highest BCUT2D eigenvalue weighted by molar-refractivity contribution is 5.86. The molecule has 0 saturated heterocycles.